The fourth-order valence-electron chi connectivity index (χ4n) is 8.11. The molecule has 0 amide bonds. The van der Waals surface area contributed by atoms with Crippen molar-refractivity contribution in [2.45, 2.75) is 91.9 Å². The molecule has 2 heteroatoms. The number of hydrogen-bond donors (Lipinski definition) is 0. The molecule has 0 radical (unpaired) electrons. The molecule has 7 rings (SSSR count). The van der Waals surface area contributed by atoms with Crippen molar-refractivity contribution < 1.29 is 0 Å². The molecule has 0 saturated heterocycles. The number of anilines is 6. The summed E-state index contributed by atoms with van der Waals surface area (Å²) in [4.78, 5) is 4.96. The Kier molecular flexibility index (Phi) is 10.4. The molecule has 0 aromatic heterocycles. The Hall–Kier alpha value is -5.34. The second-order valence-electron chi connectivity index (χ2n) is 15.8. The molecule has 0 bridgehead atoms. The highest BCUT2D eigenvalue weighted by Gasteiger charge is 2.28. The molecule has 0 aliphatic rings. The van der Waals surface area contributed by atoms with Crippen molar-refractivity contribution in [1.82, 2.24) is 0 Å². The third-order valence-corrected chi connectivity index (χ3v) is 12.7. The van der Waals surface area contributed by atoms with E-state index in [1.165, 1.54) is 55.2 Å². The van der Waals surface area contributed by atoms with Crippen LogP contribution in [0.2, 0.25) is 0 Å². The van der Waals surface area contributed by atoms with Crippen molar-refractivity contribution in [2.75, 3.05) is 9.80 Å². The molecule has 54 heavy (non-hydrogen) atoms. The SMILES string of the molecule is CCC(C)(CC)c1ccc(N(c2ccc(C)cc2)c2c3ccccc3c(N(c3ccc(C)cc3)c3ccc(C(C)(CC)CC)cc3)c3ccccc23)cc1. The molecule has 0 heterocycles. The third-order valence-electron chi connectivity index (χ3n) is 12.7. The van der Waals surface area contributed by atoms with Gasteiger partial charge in [0.05, 0.1) is 11.4 Å². The first-order chi connectivity index (χ1) is 26.1. The van der Waals surface area contributed by atoms with Crippen LogP contribution < -0.4 is 9.80 Å². The molecule has 0 spiro atoms. The Morgan fingerprint density at radius 1 is 0.352 bits per heavy atom. The summed E-state index contributed by atoms with van der Waals surface area (Å²) in [6.45, 7) is 18.3. The molecule has 0 N–H and O–H groups in total. The molecular formula is C52H56N2. The standard InChI is InChI=1S/C52H56N2/c1-9-51(7,10-2)39-25-33-43(34-26-39)53(41-29-21-37(5)22-30-41)49-45-17-13-15-19-47(45)50(48-20-16-14-18-46(48)49)54(42-31-23-38(6)24-32-42)44-35-27-40(28-36-44)52(8,11-3)12-4/h13-36H,9-12H2,1-8H3. The highest BCUT2D eigenvalue weighted by molar-refractivity contribution is 6.23. The van der Waals surface area contributed by atoms with E-state index in [0.717, 1.165) is 48.4 Å². The van der Waals surface area contributed by atoms with E-state index in [9.17, 15) is 0 Å². The van der Waals surface area contributed by atoms with Gasteiger partial charge in [0.25, 0.3) is 0 Å². The molecular weight excluding hydrogens is 653 g/mol. The minimum Gasteiger partial charge on any atom is -0.309 e. The number of nitrogens with zero attached hydrogens (tertiary/aromatic N) is 2. The van der Waals surface area contributed by atoms with Gasteiger partial charge in [-0.3, -0.25) is 0 Å². The van der Waals surface area contributed by atoms with Gasteiger partial charge in [0.2, 0.25) is 0 Å². The van der Waals surface area contributed by atoms with Gasteiger partial charge in [0, 0.05) is 44.3 Å². The lowest BCUT2D eigenvalue weighted by Gasteiger charge is -2.34. The van der Waals surface area contributed by atoms with Gasteiger partial charge in [0.15, 0.2) is 0 Å². The molecule has 7 aromatic rings. The maximum atomic E-state index is 2.48. The van der Waals surface area contributed by atoms with Crippen LogP contribution in [0.1, 0.15) is 89.5 Å². The summed E-state index contributed by atoms with van der Waals surface area (Å²) in [7, 11) is 0. The van der Waals surface area contributed by atoms with Gasteiger partial charge in [-0.25, -0.2) is 0 Å². The monoisotopic (exact) mass is 708 g/mol. The maximum absolute atomic E-state index is 2.48. The predicted octanol–water partition coefficient (Wildman–Crippen LogP) is 15.7. The van der Waals surface area contributed by atoms with E-state index in [0.29, 0.717) is 0 Å². The molecule has 7 aromatic carbocycles. The molecule has 2 nitrogen and oxygen atoms in total. The minimum absolute atomic E-state index is 0.150. The zero-order valence-electron chi connectivity index (χ0n) is 33.6. The topological polar surface area (TPSA) is 6.48 Å². The lowest BCUT2D eigenvalue weighted by molar-refractivity contribution is 0.439. The summed E-state index contributed by atoms with van der Waals surface area (Å²) in [6, 6.07) is 54.7. The Labute approximate surface area is 324 Å². The van der Waals surface area contributed by atoms with E-state index in [1.807, 2.05) is 0 Å². The third kappa shape index (κ3) is 6.68. The van der Waals surface area contributed by atoms with E-state index < -0.39 is 0 Å². The lowest BCUT2D eigenvalue weighted by Crippen LogP contribution is -2.20. The van der Waals surface area contributed by atoms with E-state index in [1.54, 1.807) is 0 Å². The van der Waals surface area contributed by atoms with Crippen LogP contribution in [-0.4, -0.2) is 0 Å². The molecule has 0 aliphatic carbocycles. The summed E-state index contributed by atoms with van der Waals surface area (Å²) in [5, 5.41) is 4.84. The highest BCUT2D eigenvalue weighted by atomic mass is 15.2. The van der Waals surface area contributed by atoms with Crippen LogP contribution >= 0.6 is 0 Å². The van der Waals surface area contributed by atoms with Crippen LogP contribution in [0.4, 0.5) is 34.1 Å². The van der Waals surface area contributed by atoms with E-state index in [2.05, 4.69) is 211 Å². The number of hydrogen-bond acceptors (Lipinski definition) is 2. The van der Waals surface area contributed by atoms with Crippen LogP contribution in [0, 0.1) is 13.8 Å². The largest absolute Gasteiger partial charge is 0.309 e. The smallest absolute Gasteiger partial charge is 0.0619 e. The fraction of sp³-hybridized carbons (Fsp3) is 0.269. The fourth-order valence-corrected chi connectivity index (χ4v) is 8.11. The van der Waals surface area contributed by atoms with Crippen LogP contribution in [0.3, 0.4) is 0 Å². The maximum Gasteiger partial charge on any atom is 0.0619 e. The van der Waals surface area contributed by atoms with Gasteiger partial charge >= 0.3 is 0 Å². The number of aryl methyl sites for hydroxylation is 2. The number of fused-ring (bicyclic) bond motifs is 2. The minimum atomic E-state index is 0.150. The van der Waals surface area contributed by atoms with Gasteiger partial charge in [-0.2, -0.15) is 0 Å². The quantitative estimate of drug-likeness (QED) is 0.0921. The van der Waals surface area contributed by atoms with E-state index >= 15 is 0 Å². The van der Waals surface area contributed by atoms with Crippen molar-refractivity contribution >= 4 is 55.7 Å². The van der Waals surface area contributed by atoms with Crippen LogP contribution in [-0.2, 0) is 10.8 Å². The first-order valence-electron chi connectivity index (χ1n) is 20.0. The molecule has 0 aliphatic heterocycles. The second kappa shape index (κ2) is 15.2. The zero-order chi connectivity index (χ0) is 38.0. The number of benzene rings is 7. The first kappa shape index (κ1) is 37.0. The van der Waals surface area contributed by atoms with Gasteiger partial charge in [-0.1, -0.05) is 150 Å². The average Bonchev–Trinajstić information content (AvgIpc) is 3.22. The second-order valence-corrected chi connectivity index (χ2v) is 15.8. The van der Waals surface area contributed by atoms with Crippen LogP contribution in [0.25, 0.3) is 21.5 Å². The summed E-state index contributed by atoms with van der Waals surface area (Å²) in [5.41, 5.74) is 12.6. The molecule has 274 valence electrons. The van der Waals surface area contributed by atoms with E-state index in [4.69, 9.17) is 0 Å². The van der Waals surface area contributed by atoms with Gasteiger partial charge in [-0.05, 0) is 110 Å². The highest BCUT2D eigenvalue weighted by Crippen LogP contribution is 2.51. The Morgan fingerprint density at radius 2 is 0.593 bits per heavy atom. The lowest BCUT2D eigenvalue weighted by atomic mass is 9.78. The van der Waals surface area contributed by atoms with Gasteiger partial charge in [0.1, 0.15) is 0 Å². The Bertz CT molecular complexity index is 2120. The normalized spacial score (nSPS) is 12.0. The first-order valence-corrected chi connectivity index (χ1v) is 20.0. The Balaban J connectivity index is 1.53. The van der Waals surface area contributed by atoms with Crippen molar-refractivity contribution in [3.05, 3.63) is 168 Å². The summed E-state index contributed by atoms with van der Waals surface area (Å²) >= 11 is 0. The van der Waals surface area contributed by atoms with Crippen LogP contribution in [0.5, 0.6) is 0 Å². The summed E-state index contributed by atoms with van der Waals surface area (Å²) in [5.74, 6) is 0. The van der Waals surface area contributed by atoms with Crippen molar-refractivity contribution in [1.29, 1.82) is 0 Å². The van der Waals surface area contributed by atoms with Crippen molar-refractivity contribution in [2.24, 2.45) is 0 Å². The molecule has 0 fully saturated rings. The summed E-state index contributed by atoms with van der Waals surface area (Å²) < 4.78 is 0. The predicted molar refractivity (Wildman–Crippen MR) is 236 cm³/mol. The molecule has 0 saturated carbocycles. The Morgan fingerprint density at radius 3 is 0.833 bits per heavy atom. The zero-order valence-corrected chi connectivity index (χ0v) is 33.6. The molecule has 0 unspecified atom stereocenters. The summed E-state index contributed by atoms with van der Waals surface area (Å²) in [6.07, 6.45) is 4.44. The van der Waals surface area contributed by atoms with E-state index in [-0.39, 0.29) is 10.8 Å². The van der Waals surface area contributed by atoms with Crippen LogP contribution in [0.15, 0.2) is 146 Å². The van der Waals surface area contributed by atoms with Crippen molar-refractivity contribution in [3.63, 3.8) is 0 Å². The average molecular weight is 709 g/mol. The van der Waals surface area contributed by atoms with Crippen molar-refractivity contribution in [3.8, 4) is 0 Å². The van der Waals surface area contributed by atoms with Gasteiger partial charge in [-0.15, -0.1) is 0 Å². The number of rotatable bonds is 12. The molecule has 0 atom stereocenters. The van der Waals surface area contributed by atoms with Gasteiger partial charge < -0.3 is 9.80 Å².